The van der Waals surface area contributed by atoms with Crippen LogP contribution in [0.2, 0.25) is 0 Å². The van der Waals surface area contributed by atoms with Crippen LogP contribution in [0.4, 0.5) is 16.6 Å². The highest BCUT2D eigenvalue weighted by molar-refractivity contribution is 7.99. The molecule has 0 spiro atoms. The number of fused-ring (bicyclic) bond motifs is 1. The largest absolute Gasteiger partial charge is 0.465 e. The van der Waals surface area contributed by atoms with Gasteiger partial charge in [-0.3, -0.25) is 4.79 Å². The first kappa shape index (κ1) is 19.4. The number of amides is 1. The summed E-state index contributed by atoms with van der Waals surface area (Å²) in [6.07, 6.45) is 5.02. The number of rotatable bonds is 5. The fraction of sp³-hybridized carbons (Fsp3) is 0.412. The fourth-order valence-electron chi connectivity index (χ4n) is 2.97. The third-order valence-corrected chi connectivity index (χ3v) is 6.20. The molecule has 2 aromatic heterocycles. The average molecular weight is 408 g/mol. The lowest BCUT2D eigenvalue weighted by Crippen LogP contribution is -2.16. The number of hydrogen-bond donors (Lipinski definition) is 3. The maximum absolute atomic E-state index is 12.4. The van der Waals surface area contributed by atoms with E-state index in [-0.39, 0.29) is 23.3 Å². The van der Waals surface area contributed by atoms with Gasteiger partial charge >= 0.3 is 5.97 Å². The first-order chi connectivity index (χ1) is 13.0. The number of esters is 1. The summed E-state index contributed by atoms with van der Waals surface area (Å²) < 4.78 is 4.94. The molecule has 2 aromatic rings. The summed E-state index contributed by atoms with van der Waals surface area (Å²) in [5, 5.41) is 3.72. The number of thioether (sulfide) groups is 1. The summed E-state index contributed by atoms with van der Waals surface area (Å²) in [5.74, 6) is -0.0947. The third-order valence-electron chi connectivity index (χ3n) is 4.14. The summed E-state index contributed by atoms with van der Waals surface area (Å²) in [4.78, 5) is 33.9. The standard InChI is InChI=1S/C17H21N5O3S2/c1-25-16(24)14-9-5-3-2-4-6-10(9)27-15(14)22-13(23)8-26-17-20-11(18)7-12(19)21-17/h7H,2-6,8H2,1H3,(H,22,23)(H4,18,19,20,21). The van der Waals surface area contributed by atoms with Gasteiger partial charge in [-0.25, -0.2) is 14.8 Å². The number of hydrogen-bond acceptors (Lipinski definition) is 9. The van der Waals surface area contributed by atoms with Crippen LogP contribution in [-0.2, 0) is 22.4 Å². The van der Waals surface area contributed by atoms with Gasteiger partial charge in [-0.15, -0.1) is 11.3 Å². The zero-order valence-corrected chi connectivity index (χ0v) is 16.5. The van der Waals surface area contributed by atoms with Crippen LogP contribution in [-0.4, -0.2) is 34.7 Å². The molecule has 0 bridgehead atoms. The number of methoxy groups -OCH3 is 1. The normalized spacial score (nSPS) is 13.5. The van der Waals surface area contributed by atoms with Crippen molar-refractivity contribution < 1.29 is 14.3 Å². The molecule has 0 aromatic carbocycles. The summed E-state index contributed by atoms with van der Waals surface area (Å²) in [6, 6.07) is 1.45. The highest BCUT2D eigenvalue weighted by Gasteiger charge is 2.26. The molecule has 0 saturated carbocycles. The SMILES string of the molecule is COC(=O)c1c(NC(=O)CSc2nc(N)cc(N)n2)sc2c1CCCCC2. The van der Waals surface area contributed by atoms with E-state index in [2.05, 4.69) is 15.3 Å². The molecule has 0 atom stereocenters. The molecule has 10 heteroatoms. The molecule has 0 unspecified atom stereocenters. The lowest BCUT2D eigenvalue weighted by Gasteiger charge is -2.07. The second-order valence-electron chi connectivity index (χ2n) is 6.10. The third kappa shape index (κ3) is 4.69. The van der Waals surface area contributed by atoms with Gasteiger partial charge in [0.1, 0.15) is 16.6 Å². The minimum absolute atomic E-state index is 0.0755. The number of aryl methyl sites for hydroxylation is 1. The average Bonchev–Trinajstić information content (AvgIpc) is 2.79. The van der Waals surface area contributed by atoms with E-state index in [1.165, 1.54) is 24.5 Å². The van der Waals surface area contributed by atoms with Crippen LogP contribution in [0.1, 0.15) is 40.1 Å². The Balaban J connectivity index is 1.74. The van der Waals surface area contributed by atoms with Gasteiger partial charge in [-0.1, -0.05) is 18.2 Å². The van der Waals surface area contributed by atoms with Gasteiger partial charge in [0.2, 0.25) is 5.91 Å². The van der Waals surface area contributed by atoms with Gasteiger partial charge in [-0.05, 0) is 31.2 Å². The maximum atomic E-state index is 12.4. The van der Waals surface area contributed by atoms with E-state index in [0.717, 1.165) is 54.3 Å². The number of nitrogens with one attached hydrogen (secondary N) is 1. The second kappa shape index (κ2) is 8.57. The van der Waals surface area contributed by atoms with Crippen molar-refractivity contribution in [3.8, 4) is 0 Å². The lowest BCUT2D eigenvalue weighted by molar-refractivity contribution is -0.113. The van der Waals surface area contributed by atoms with Crippen LogP contribution in [0.15, 0.2) is 11.2 Å². The van der Waals surface area contributed by atoms with Crippen molar-refractivity contribution in [2.24, 2.45) is 0 Å². The number of aromatic nitrogens is 2. The van der Waals surface area contributed by atoms with Gasteiger partial charge in [0.25, 0.3) is 0 Å². The summed E-state index contributed by atoms with van der Waals surface area (Å²) >= 11 is 2.59. The van der Waals surface area contributed by atoms with E-state index in [4.69, 9.17) is 16.2 Å². The van der Waals surface area contributed by atoms with Crippen molar-refractivity contribution in [1.29, 1.82) is 0 Å². The molecule has 0 aliphatic heterocycles. The molecular weight excluding hydrogens is 386 g/mol. The van der Waals surface area contributed by atoms with Gasteiger partial charge in [-0.2, -0.15) is 0 Å². The number of ether oxygens (including phenoxy) is 1. The zero-order chi connectivity index (χ0) is 19.4. The number of thiophene rings is 1. The molecule has 1 amide bonds. The predicted molar refractivity (Wildman–Crippen MR) is 107 cm³/mol. The Morgan fingerprint density at radius 1 is 1.22 bits per heavy atom. The Morgan fingerprint density at radius 3 is 2.63 bits per heavy atom. The summed E-state index contributed by atoms with van der Waals surface area (Å²) in [6.45, 7) is 0. The van der Waals surface area contributed by atoms with Crippen LogP contribution in [0.5, 0.6) is 0 Å². The van der Waals surface area contributed by atoms with Gasteiger partial charge in [0.05, 0.1) is 18.4 Å². The minimum Gasteiger partial charge on any atom is -0.465 e. The smallest absolute Gasteiger partial charge is 0.341 e. The molecule has 8 nitrogen and oxygen atoms in total. The van der Waals surface area contributed by atoms with Gasteiger partial charge in [0.15, 0.2) is 5.16 Å². The number of nitrogen functional groups attached to an aromatic ring is 2. The van der Waals surface area contributed by atoms with Crippen LogP contribution in [0.3, 0.4) is 0 Å². The highest BCUT2D eigenvalue weighted by Crippen LogP contribution is 2.38. The molecule has 5 N–H and O–H groups in total. The monoisotopic (exact) mass is 407 g/mol. The number of carbonyl (C=O) groups is 2. The Kier molecular flexibility index (Phi) is 6.17. The van der Waals surface area contributed by atoms with Crippen molar-refractivity contribution in [1.82, 2.24) is 9.97 Å². The quantitative estimate of drug-likeness (QED) is 0.298. The predicted octanol–water partition coefficient (Wildman–Crippen LogP) is 2.49. The number of anilines is 3. The van der Waals surface area contributed by atoms with E-state index in [1.807, 2.05) is 0 Å². The Labute approximate surface area is 165 Å². The van der Waals surface area contributed by atoms with Crippen molar-refractivity contribution in [3.63, 3.8) is 0 Å². The van der Waals surface area contributed by atoms with E-state index in [0.29, 0.717) is 15.7 Å². The van der Waals surface area contributed by atoms with Crippen molar-refractivity contribution in [2.45, 2.75) is 37.3 Å². The summed E-state index contributed by atoms with van der Waals surface area (Å²) in [5.41, 5.74) is 12.8. The lowest BCUT2D eigenvalue weighted by atomic mass is 10.1. The van der Waals surface area contributed by atoms with Crippen LogP contribution < -0.4 is 16.8 Å². The van der Waals surface area contributed by atoms with Crippen LogP contribution in [0.25, 0.3) is 0 Å². The first-order valence-electron chi connectivity index (χ1n) is 8.53. The topological polar surface area (TPSA) is 133 Å². The number of carbonyl (C=O) groups excluding carboxylic acids is 2. The first-order valence-corrected chi connectivity index (χ1v) is 10.3. The van der Waals surface area contributed by atoms with Crippen molar-refractivity contribution in [2.75, 3.05) is 29.6 Å². The van der Waals surface area contributed by atoms with Crippen molar-refractivity contribution >= 4 is 51.6 Å². The molecule has 3 rings (SSSR count). The highest BCUT2D eigenvalue weighted by atomic mass is 32.2. The van der Waals surface area contributed by atoms with E-state index < -0.39 is 5.97 Å². The Hall–Kier alpha value is -2.33. The molecule has 0 saturated heterocycles. The van der Waals surface area contributed by atoms with Gasteiger partial charge in [0, 0.05) is 10.9 Å². The minimum atomic E-state index is -0.413. The molecule has 2 heterocycles. The number of nitrogens with zero attached hydrogens (tertiary/aromatic N) is 2. The van der Waals surface area contributed by atoms with Crippen molar-refractivity contribution in [3.05, 3.63) is 22.1 Å². The van der Waals surface area contributed by atoms with E-state index in [9.17, 15) is 9.59 Å². The Morgan fingerprint density at radius 2 is 1.93 bits per heavy atom. The zero-order valence-electron chi connectivity index (χ0n) is 14.9. The van der Waals surface area contributed by atoms with Crippen LogP contribution >= 0.6 is 23.1 Å². The second-order valence-corrected chi connectivity index (χ2v) is 8.14. The molecule has 0 radical (unpaired) electrons. The fourth-order valence-corrected chi connectivity index (χ4v) is 4.93. The Bertz CT molecular complexity index is 848. The molecule has 1 aliphatic rings. The molecular formula is C17H21N5O3S2. The molecule has 0 fully saturated rings. The van der Waals surface area contributed by atoms with Crippen LogP contribution in [0, 0.1) is 0 Å². The molecule has 144 valence electrons. The summed E-state index contributed by atoms with van der Waals surface area (Å²) in [7, 11) is 1.35. The van der Waals surface area contributed by atoms with E-state index in [1.54, 1.807) is 0 Å². The maximum Gasteiger partial charge on any atom is 0.341 e. The molecule has 27 heavy (non-hydrogen) atoms. The van der Waals surface area contributed by atoms with Gasteiger partial charge < -0.3 is 21.5 Å². The molecule has 1 aliphatic carbocycles. The van der Waals surface area contributed by atoms with E-state index >= 15 is 0 Å². The number of nitrogens with two attached hydrogens (primary N) is 2.